The van der Waals surface area contributed by atoms with E-state index >= 15 is 0 Å². The number of rotatable bonds is 8. The molecule has 0 fully saturated rings. The van der Waals surface area contributed by atoms with Gasteiger partial charge in [0.25, 0.3) is 11.8 Å². The molecular formula is C22H22Cl2N4O3. The smallest absolute Gasteiger partial charge is 0.271 e. The largest absolute Gasteiger partial charge is 0.487 e. The molecule has 0 unspecified atom stereocenters. The van der Waals surface area contributed by atoms with Crippen molar-refractivity contribution in [2.24, 2.45) is 7.05 Å². The van der Waals surface area contributed by atoms with Gasteiger partial charge in [0.05, 0.1) is 16.9 Å². The van der Waals surface area contributed by atoms with Gasteiger partial charge in [-0.25, -0.2) is 0 Å². The number of ether oxygens (including phenoxy) is 1. The van der Waals surface area contributed by atoms with Gasteiger partial charge in [-0.2, -0.15) is 5.10 Å². The van der Waals surface area contributed by atoms with E-state index < -0.39 is 0 Å². The van der Waals surface area contributed by atoms with E-state index in [1.807, 2.05) is 13.0 Å². The summed E-state index contributed by atoms with van der Waals surface area (Å²) in [6.45, 7) is 2.72. The Bertz CT molecular complexity index is 1100. The van der Waals surface area contributed by atoms with Crippen molar-refractivity contribution in [1.29, 1.82) is 0 Å². The average molecular weight is 461 g/mol. The van der Waals surface area contributed by atoms with Crippen molar-refractivity contribution in [2.75, 3.05) is 11.9 Å². The summed E-state index contributed by atoms with van der Waals surface area (Å²) in [4.78, 5) is 25.2. The lowest BCUT2D eigenvalue weighted by atomic mass is 10.1. The lowest BCUT2D eigenvalue weighted by molar-refractivity contribution is 0.0945. The van der Waals surface area contributed by atoms with E-state index in [-0.39, 0.29) is 18.4 Å². The fourth-order valence-electron chi connectivity index (χ4n) is 2.87. The zero-order chi connectivity index (χ0) is 22.4. The zero-order valence-electron chi connectivity index (χ0n) is 17.1. The summed E-state index contributed by atoms with van der Waals surface area (Å²) in [5.41, 5.74) is 1.84. The summed E-state index contributed by atoms with van der Waals surface area (Å²) in [5.74, 6) is -0.151. The standard InChI is InChI=1S/C22H22Cl2N4O3/c1-3-9-25-22(30)20-18(12-26-28(20)2)27-21(29)15-6-4-5-14(10-15)13-31-19-8-7-16(23)11-17(19)24/h4-8,10-12H,3,9,13H2,1-2H3,(H,25,30)(H,27,29). The summed E-state index contributed by atoms with van der Waals surface area (Å²) in [7, 11) is 1.65. The molecule has 0 atom stereocenters. The van der Waals surface area contributed by atoms with E-state index in [2.05, 4.69) is 15.7 Å². The molecule has 0 aliphatic heterocycles. The average Bonchev–Trinajstić information content (AvgIpc) is 3.11. The van der Waals surface area contributed by atoms with E-state index in [0.717, 1.165) is 12.0 Å². The molecule has 0 saturated heterocycles. The summed E-state index contributed by atoms with van der Waals surface area (Å²) >= 11 is 12.0. The monoisotopic (exact) mass is 460 g/mol. The Hall–Kier alpha value is -3.03. The lowest BCUT2D eigenvalue weighted by Gasteiger charge is -2.10. The molecule has 0 bridgehead atoms. The van der Waals surface area contributed by atoms with Crippen molar-refractivity contribution in [3.05, 3.63) is 75.5 Å². The fraction of sp³-hybridized carbons (Fsp3) is 0.227. The second kappa shape index (κ2) is 10.3. The normalized spacial score (nSPS) is 10.6. The number of aryl methyl sites for hydroxylation is 1. The predicted octanol–water partition coefficient (Wildman–Crippen LogP) is 4.70. The van der Waals surface area contributed by atoms with Crippen LogP contribution in [0.4, 0.5) is 5.69 Å². The van der Waals surface area contributed by atoms with Crippen molar-refractivity contribution >= 4 is 40.7 Å². The van der Waals surface area contributed by atoms with Crippen LogP contribution in [-0.4, -0.2) is 28.1 Å². The van der Waals surface area contributed by atoms with Crippen molar-refractivity contribution in [2.45, 2.75) is 20.0 Å². The third kappa shape index (κ3) is 5.77. The highest BCUT2D eigenvalue weighted by molar-refractivity contribution is 6.35. The number of carbonyl (C=O) groups excluding carboxylic acids is 2. The molecule has 0 aliphatic carbocycles. The van der Waals surface area contributed by atoms with Crippen molar-refractivity contribution in [1.82, 2.24) is 15.1 Å². The number of aromatic nitrogens is 2. The van der Waals surface area contributed by atoms with Crippen LogP contribution in [0, 0.1) is 0 Å². The maximum absolute atomic E-state index is 12.8. The number of halogens is 2. The SMILES string of the molecule is CCCNC(=O)c1c(NC(=O)c2cccc(COc3ccc(Cl)cc3Cl)c2)cnn1C. The second-order valence-corrected chi connectivity index (χ2v) is 7.65. The molecule has 3 aromatic rings. The van der Waals surface area contributed by atoms with Gasteiger partial charge in [-0.3, -0.25) is 14.3 Å². The molecule has 2 amide bonds. The Labute approximate surface area is 190 Å². The first-order valence-electron chi connectivity index (χ1n) is 9.67. The van der Waals surface area contributed by atoms with Gasteiger partial charge in [-0.1, -0.05) is 42.3 Å². The first-order valence-corrected chi connectivity index (χ1v) is 10.4. The van der Waals surface area contributed by atoms with Crippen molar-refractivity contribution in [3.8, 4) is 5.75 Å². The number of benzene rings is 2. The van der Waals surface area contributed by atoms with Crippen LogP contribution in [0.5, 0.6) is 5.75 Å². The van der Waals surface area contributed by atoms with Gasteiger partial charge in [0.15, 0.2) is 0 Å². The van der Waals surface area contributed by atoms with Gasteiger partial charge in [0.2, 0.25) is 0 Å². The molecule has 2 N–H and O–H groups in total. The molecule has 1 aromatic heterocycles. The highest BCUT2D eigenvalue weighted by Crippen LogP contribution is 2.28. The van der Waals surface area contributed by atoms with Crippen LogP contribution in [0.1, 0.15) is 39.8 Å². The van der Waals surface area contributed by atoms with E-state index in [1.54, 1.807) is 43.4 Å². The van der Waals surface area contributed by atoms with Crippen molar-refractivity contribution in [3.63, 3.8) is 0 Å². The third-order valence-corrected chi connectivity index (χ3v) is 4.95. The second-order valence-electron chi connectivity index (χ2n) is 6.80. The van der Waals surface area contributed by atoms with Crippen LogP contribution in [0.25, 0.3) is 0 Å². The molecule has 7 nitrogen and oxygen atoms in total. The Morgan fingerprint density at radius 3 is 2.68 bits per heavy atom. The highest BCUT2D eigenvalue weighted by atomic mass is 35.5. The summed E-state index contributed by atoms with van der Waals surface area (Å²) in [6.07, 6.45) is 2.26. The molecule has 9 heteroatoms. The van der Waals surface area contributed by atoms with Crippen LogP contribution in [0.3, 0.4) is 0 Å². The van der Waals surface area contributed by atoms with Gasteiger partial charge in [0.1, 0.15) is 18.1 Å². The van der Waals surface area contributed by atoms with Crippen molar-refractivity contribution < 1.29 is 14.3 Å². The maximum Gasteiger partial charge on any atom is 0.271 e. The number of anilines is 1. The summed E-state index contributed by atoms with van der Waals surface area (Å²) in [6, 6.07) is 12.0. The van der Waals surface area contributed by atoms with E-state index in [1.165, 1.54) is 10.9 Å². The van der Waals surface area contributed by atoms with Crippen LogP contribution < -0.4 is 15.4 Å². The number of carbonyl (C=O) groups is 2. The van der Waals surface area contributed by atoms with Crippen LogP contribution in [0.15, 0.2) is 48.7 Å². The molecule has 3 rings (SSSR count). The number of hydrogen-bond acceptors (Lipinski definition) is 4. The topological polar surface area (TPSA) is 85.2 Å². The zero-order valence-corrected chi connectivity index (χ0v) is 18.6. The molecule has 0 spiro atoms. The first-order chi connectivity index (χ1) is 14.9. The number of amides is 2. The van der Waals surface area contributed by atoms with Crippen LogP contribution >= 0.6 is 23.2 Å². The minimum Gasteiger partial charge on any atom is -0.487 e. The number of nitrogens with one attached hydrogen (secondary N) is 2. The molecule has 162 valence electrons. The van der Waals surface area contributed by atoms with E-state index in [9.17, 15) is 9.59 Å². The highest BCUT2D eigenvalue weighted by Gasteiger charge is 2.19. The Morgan fingerprint density at radius 1 is 1.13 bits per heavy atom. The molecule has 31 heavy (non-hydrogen) atoms. The molecule has 0 aliphatic rings. The summed E-state index contributed by atoms with van der Waals surface area (Å²) in [5, 5.41) is 10.6. The molecule has 0 radical (unpaired) electrons. The van der Waals surface area contributed by atoms with Crippen LogP contribution in [0.2, 0.25) is 10.0 Å². The van der Waals surface area contributed by atoms with Gasteiger partial charge < -0.3 is 15.4 Å². The van der Waals surface area contributed by atoms with Gasteiger partial charge in [0, 0.05) is 24.2 Å². The molecule has 0 saturated carbocycles. The Balaban J connectivity index is 1.70. The summed E-state index contributed by atoms with van der Waals surface area (Å²) < 4.78 is 7.16. The van der Waals surface area contributed by atoms with Gasteiger partial charge in [-0.05, 0) is 42.3 Å². The van der Waals surface area contributed by atoms with Gasteiger partial charge in [-0.15, -0.1) is 0 Å². The fourth-order valence-corrected chi connectivity index (χ4v) is 3.33. The quantitative estimate of drug-likeness (QED) is 0.510. The van der Waals surface area contributed by atoms with E-state index in [4.69, 9.17) is 27.9 Å². The third-order valence-electron chi connectivity index (χ3n) is 4.42. The number of nitrogens with zero attached hydrogens (tertiary/aromatic N) is 2. The molecular weight excluding hydrogens is 439 g/mol. The Kier molecular flexibility index (Phi) is 7.55. The maximum atomic E-state index is 12.8. The molecule has 1 heterocycles. The predicted molar refractivity (Wildman–Crippen MR) is 121 cm³/mol. The lowest BCUT2D eigenvalue weighted by Crippen LogP contribution is -2.27. The molecule has 2 aromatic carbocycles. The van der Waals surface area contributed by atoms with E-state index in [0.29, 0.717) is 39.3 Å². The first kappa shape index (κ1) is 22.7. The minimum atomic E-state index is -0.357. The van der Waals surface area contributed by atoms with Crippen LogP contribution in [-0.2, 0) is 13.7 Å². The number of hydrogen-bond donors (Lipinski definition) is 2. The Morgan fingerprint density at radius 2 is 1.94 bits per heavy atom. The minimum absolute atomic E-state index is 0.222. The van der Waals surface area contributed by atoms with Gasteiger partial charge >= 0.3 is 0 Å².